The lowest BCUT2D eigenvalue weighted by Crippen LogP contribution is -2.25. The molecule has 0 spiro atoms. The number of carbonyl (C=O) groups is 2. The maximum absolute atomic E-state index is 12.4. The molecule has 1 heterocycles. The van der Waals surface area contributed by atoms with Gasteiger partial charge in [0.25, 0.3) is 0 Å². The van der Waals surface area contributed by atoms with Gasteiger partial charge >= 0.3 is 11.9 Å². The van der Waals surface area contributed by atoms with Crippen LogP contribution in [0.4, 0.5) is 0 Å². The van der Waals surface area contributed by atoms with Gasteiger partial charge in [0.2, 0.25) is 0 Å². The van der Waals surface area contributed by atoms with Crippen molar-refractivity contribution in [3.8, 4) is 5.75 Å². The van der Waals surface area contributed by atoms with Crippen LogP contribution >= 0.6 is 0 Å². The molecule has 0 amide bonds. The summed E-state index contributed by atoms with van der Waals surface area (Å²) in [5.41, 5.74) is 2.95. The van der Waals surface area contributed by atoms with Crippen molar-refractivity contribution >= 4 is 17.7 Å². The standard InChI is InChI=1S/C26H39NO5/c1-20-14-12-17-24(21(20)2)31-22(3)26(29)32-27-23-15-10-8-6-4-5-7-9-11-18-25(28)30-19-13-16-23/h12,14,17,22H,4-11,13,15-16,18-19H2,1-3H3. The van der Waals surface area contributed by atoms with Crippen molar-refractivity contribution in [1.82, 2.24) is 0 Å². The molecule has 1 saturated heterocycles. The number of carbonyl (C=O) groups excluding carboxylic acids is 2. The number of hydrogen-bond donors (Lipinski definition) is 0. The van der Waals surface area contributed by atoms with Crippen LogP contribution in [0.3, 0.4) is 0 Å². The first-order valence-electron chi connectivity index (χ1n) is 12.1. The number of cyclic esters (lactones) is 1. The highest BCUT2D eigenvalue weighted by Crippen LogP contribution is 2.22. The third kappa shape index (κ3) is 9.84. The number of oxime groups is 1. The number of esters is 1. The van der Waals surface area contributed by atoms with E-state index in [1.807, 2.05) is 32.0 Å². The first-order valence-corrected chi connectivity index (χ1v) is 12.1. The Kier molecular flexibility index (Phi) is 11.8. The molecule has 32 heavy (non-hydrogen) atoms. The normalized spacial score (nSPS) is 19.7. The Labute approximate surface area is 192 Å². The Hall–Kier alpha value is -2.37. The van der Waals surface area contributed by atoms with E-state index in [-0.39, 0.29) is 5.97 Å². The molecule has 1 fully saturated rings. The number of rotatable bonds is 4. The van der Waals surface area contributed by atoms with E-state index < -0.39 is 12.1 Å². The van der Waals surface area contributed by atoms with Gasteiger partial charge in [-0.1, -0.05) is 55.8 Å². The average molecular weight is 446 g/mol. The lowest BCUT2D eigenvalue weighted by molar-refractivity contribution is -0.151. The molecule has 0 N–H and O–H groups in total. The van der Waals surface area contributed by atoms with Crippen molar-refractivity contribution in [2.45, 2.75) is 104 Å². The highest BCUT2D eigenvalue weighted by molar-refractivity contribution is 5.85. The Morgan fingerprint density at radius 2 is 1.56 bits per heavy atom. The van der Waals surface area contributed by atoms with E-state index >= 15 is 0 Å². The van der Waals surface area contributed by atoms with Crippen molar-refractivity contribution in [3.63, 3.8) is 0 Å². The topological polar surface area (TPSA) is 74.2 Å². The largest absolute Gasteiger partial charge is 0.479 e. The SMILES string of the molecule is Cc1cccc(OC(C)C(=O)ON=C2CCCCCCCCCCC(=O)OCCC2)c1C. The van der Waals surface area contributed by atoms with Crippen LogP contribution in [0.5, 0.6) is 5.75 Å². The predicted octanol–water partition coefficient (Wildman–Crippen LogP) is 6.21. The third-order valence-corrected chi connectivity index (χ3v) is 5.92. The number of ether oxygens (including phenoxy) is 2. The summed E-state index contributed by atoms with van der Waals surface area (Å²) in [6.07, 6.45) is 10.8. The molecule has 178 valence electrons. The lowest BCUT2D eigenvalue weighted by Gasteiger charge is -2.15. The maximum atomic E-state index is 12.4. The fourth-order valence-electron chi connectivity index (χ4n) is 3.68. The van der Waals surface area contributed by atoms with Gasteiger partial charge in [0, 0.05) is 6.42 Å². The molecule has 1 aliphatic rings. The van der Waals surface area contributed by atoms with E-state index in [0.717, 1.165) is 48.9 Å². The van der Waals surface area contributed by atoms with Crippen molar-refractivity contribution in [1.29, 1.82) is 0 Å². The fourth-order valence-corrected chi connectivity index (χ4v) is 3.68. The number of aryl methyl sites for hydroxylation is 1. The molecule has 0 bridgehead atoms. The number of hydrogen-bond acceptors (Lipinski definition) is 6. The Balaban J connectivity index is 1.89. The Morgan fingerprint density at radius 3 is 2.28 bits per heavy atom. The molecule has 2 rings (SSSR count). The van der Waals surface area contributed by atoms with Gasteiger partial charge in [0.15, 0.2) is 6.10 Å². The zero-order valence-electron chi connectivity index (χ0n) is 20.0. The van der Waals surface area contributed by atoms with E-state index in [2.05, 4.69) is 5.16 Å². The summed E-state index contributed by atoms with van der Waals surface area (Å²) < 4.78 is 11.1. The molecule has 6 heteroatoms. The van der Waals surface area contributed by atoms with Gasteiger partial charge in [-0.2, -0.15) is 0 Å². The van der Waals surface area contributed by atoms with E-state index in [1.165, 1.54) is 25.7 Å². The smallest absolute Gasteiger partial charge is 0.374 e. The summed E-state index contributed by atoms with van der Waals surface area (Å²) in [5, 5.41) is 4.15. The summed E-state index contributed by atoms with van der Waals surface area (Å²) in [6.45, 7) is 6.01. The number of benzene rings is 1. The summed E-state index contributed by atoms with van der Waals surface area (Å²) in [7, 11) is 0. The van der Waals surface area contributed by atoms with Gasteiger partial charge in [-0.3, -0.25) is 4.79 Å². The van der Waals surface area contributed by atoms with E-state index in [4.69, 9.17) is 14.3 Å². The van der Waals surface area contributed by atoms with Crippen molar-refractivity contribution in [2.75, 3.05) is 6.61 Å². The molecule has 0 saturated carbocycles. The first kappa shape index (κ1) is 25.9. The molecule has 1 aliphatic heterocycles. The van der Waals surface area contributed by atoms with Gasteiger partial charge in [0.1, 0.15) is 5.75 Å². The minimum Gasteiger partial charge on any atom is -0.479 e. The first-order chi connectivity index (χ1) is 15.5. The molecule has 1 aromatic rings. The van der Waals surface area contributed by atoms with Crippen LogP contribution in [0.15, 0.2) is 23.4 Å². The Morgan fingerprint density at radius 1 is 0.938 bits per heavy atom. The average Bonchev–Trinajstić information content (AvgIpc) is 2.77. The van der Waals surface area contributed by atoms with Crippen molar-refractivity contribution in [2.24, 2.45) is 5.16 Å². The molecular formula is C26H39NO5. The van der Waals surface area contributed by atoms with Gasteiger partial charge in [0.05, 0.1) is 12.3 Å². The zero-order chi connectivity index (χ0) is 23.2. The second-order valence-electron chi connectivity index (χ2n) is 8.68. The zero-order valence-corrected chi connectivity index (χ0v) is 20.0. The van der Waals surface area contributed by atoms with E-state index in [9.17, 15) is 9.59 Å². The molecule has 0 aliphatic carbocycles. The highest BCUT2D eigenvalue weighted by Gasteiger charge is 2.18. The lowest BCUT2D eigenvalue weighted by atomic mass is 10.0. The second-order valence-corrected chi connectivity index (χ2v) is 8.68. The molecule has 6 nitrogen and oxygen atoms in total. The third-order valence-electron chi connectivity index (χ3n) is 5.92. The minimum atomic E-state index is -0.757. The van der Waals surface area contributed by atoms with Crippen LogP contribution in [0.2, 0.25) is 0 Å². The molecule has 0 aromatic heterocycles. The minimum absolute atomic E-state index is 0.126. The van der Waals surface area contributed by atoms with Crippen molar-refractivity contribution in [3.05, 3.63) is 29.3 Å². The maximum Gasteiger partial charge on any atom is 0.374 e. The van der Waals surface area contributed by atoms with E-state index in [1.54, 1.807) is 6.92 Å². The van der Waals surface area contributed by atoms with Crippen LogP contribution in [-0.4, -0.2) is 30.4 Å². The predicted molar refractivity (Wildman–Crippen MR) is 126 cm³/mol. The highest BCUT2D eigenvalue weighted by atomic mass is 16.7. The van der Waals surface area contributed by atoms with Gasteiger partial charge in [-0.05, 0) is 70.1 Å². The van der Waals surface area contributed by atoms with Crippen LogP contribution in [0.1, 0.15) is 95.1 Å². The summed E-state index contributed by atoms with van der Waals surface area (Å²) in [4.78, 5) is 29.5. The van der Waals surface area contributed by atoms with Gasteiger partial charge < -0.3 is 14.3 Å². The van der Waals surface area contributed by atoms with Crippen molar-refractivity contribution < 1.29 is 23.9 Å². The molecular weight excluding hydrogens is 406 g/mol. The Bertz CT molecular complexity index is 759. The van der Waals surface area contributed by atoms with E-state index in [0.29, 0.717) is 31.6 Å². The molecule has 1 unspecified atom stereocenters. The summed E-state index contributed by atoms with van der Waals surface area (Å²) in [6, 6.07) is 5.76. The van der Waals surface area contributed by atoms with Crippen LogP contribution < -0.4 is 4.74 Å². The molecule has 1 atom stereocenters. The summed E-state index contributed by atoms with van der Waals surface area (Å²) >= 11 is 0. The monoisotopic (exact) mass is 445 g/mol. The quantitative estimate of drug-likeness (QED) is 0.313. The summed E-state index contributed by atoms with van der Waals surface area (Å²) in [5.74, 6) is 0.0324. The molecule has 1 aromatic carbocycles. The van der Waals surface area contributed by atoms with Crippen LogP contribution in [0, 0.1) is 13.8 Å². The van der Waals surface area contributed by atoms with Crippen LogP contribution in [-0.2, 0) is 19.2 Å². The second kappa shape index (κ2) is 14.6. The fraction of sp³-hybridized carbons (Fsp3) is 0.654. The number of nitrogens with zero attached hydrogens (tertiary/aromatic N) is 1. The van der Waals surface area contributed by atoms with Gasteiger partial charge in [-0.15, -0.1) is 0 Å². The molecule has 0 radical (unpaired) electrons. The van der Waals surface area contributed by atoms with Gasteiger partial charge in [-0.25, -0.2) is 4.79 Å². The van der Waals surface area contributed by atoms with Crippen LogP contribution in [0.25, 0.3) is 0 Å².